The van der Waals surface area contributed by atoms with Gasteiger partial charge in [0.1, 0.15) is 0 Å². The molecule has 5 nitrogen and oxygen atoms in total. The molecule has 0 atom stereocenters. The molecule has 22 heavy (non-hydrogen) atoms. The molecule has 0 fully saturated rings. The summed E-state index contributed by atoms with van der Waals surface area (Å²) in [5, 5.41) is 6.97. The van der Waals surface area contributed by atoms with Gasteiger partial charge in [-0.2, -0.15) is 5.10 Å². The molecule has 0 aliphatic heterocycles. The third-order valence-electron chi connectivity index (χ3n) is 2.56. The zero-order valence-electron chi connectivity index (χ0n) is 11.2. The van der Waals surface area contributed by atoms with Crippen LogP contribution in [0.15, 0.2) is 53.6 Å². The molecule has 0 aliphatic rings. The van der Waals surface area contributed by atoms with Gasteiger partial charge in [0.2, 0.25) is 0 Å². The fourth-order valence-corrected chi connectivity index (χ4v) is 1.93. The van der Waals surface area contributed by atoms with E-state index in [4.69, 9.17) is 23.2 Å². The lowest BCUT2D eigenvalue weighted by Crippen LogP contribution is -2.32. The molecule has 0 unspecified atom stereocenters. The van der Waals surface area contributed by atoms with Gasteiger partial charge >= 0.3 is 11.8 Å². The minimum Gasteiger partial charge on any atom is -0.316 e. The minimum absolute atomic E-state index is 0.339. The number of nitrogens with zero attached hydrogens (tertiary/aromatic N) is 1. The highest BCUT2D eigenvalue weighted by molar-refractivity contribution is 6.41. The predicted octanol–water partition coefficient (Wildman–Crippen LogP) is 3.08. The van der Waals surface area contributed by atoms with Crippen LogP contribution in [0.3, 0.4) is 0 Å². The van der Waals surface area contributed by atoms with Crippen LogP contribution < -0.4 is 10.7 Å². The molecule has 7 heteroatoms. The molecule has 2 amide bonds. The molecule has 0 heterocycles. The van der Waals surface area contributed by atoms with Gasteiger partial charge in [0.15, 0.2) is 0 Å². The lowest BCUT2D eigenvalue weighted by atomic mass is 10.2. The van der Waals surface area contributed by atoms with Crippen LogP contribution in [0.25, 0.3) is 0 Å². The molecule has 2 N–H and O–H groups in total. The van der Waals surface area contributed by atoms with Gasteiger partial charge in [-0.25, -0.2) is 5.43 Å². The number of halogens is 2. The second-order valence-electron chi connectivity index (χ2n) is 4.19. The van der Waals surface area contributed by atoms with Crippen molar-refractivity contribution in [3.05, 3.63) is 64.1 Å². The molecular formula is C15H11Cl2N3O2. The monoisotopic (exact) mass is 335 g/mol. The first-order valence-corrected chi connectivity index (χ1v) is 6.96. The van der Waals surface area contributed by atoms with Crippen LogP contribution in [0.1, 0.15) is 5.56 Å². The summed E-state index contributed by atoms with van der Waals surface area (Å²) in [6, 6.07) is 13.5. The summed E-state index contributed by atoms with van der Waals surface area (Å²) in [4.78, 5) is 23.3. The number of anilines is 1. The molecule has 0 saturated heterocycles. The van der Waals surface area contributed by atoms with Gasteiger partial charge in [-0.15, -0.1) is 0 Å². The van der Waals surface area contributed by atoms with E-state index in [1.54, 1.807) is 48.5 Å². The summed E-state index contributed by atoms with van der Waals surface area (Å²) < 4.78 is 0. The zero-order chi connectivity index (χ0) is 15.9. The molecule has 0 saturated carbocycles. The molecule has 0 aliphatic carbocycles. The second kappa shape index (κ2) is 7.59. The van der Waals surface area contributed by atoms with E-state index < -0.39 is 11.8 Å². The lowest BCUT2D eigenvalue weighted by molar-refractivity contribution is -0.136. The Bertz CT molecular complexity index is 732. The minimum atomic E-state index is -0.904. The molecule has 0 radical (unpaired) electrons. The van der Waals surface area contributed by atoms with Crippen molar-refractivity contribution in [3.63, 3.8) is 0 Å². The second-order valence-corrected chi connectivity index (χ2v) is 5.03. The Balaban J connectivity index is 1.92. The smallest absolute Gasteiger partial charge is 0.316 e. The van der Waals surface area contributed by atoms with E-state index in [2.05, 4.69) is 15.8 Å². The van der Waals surface area contributed by atoms with Gasteiger partial charge in [0.25, 0.3) is 0 Å². The van der Waals surface area contributed by atoms with Crippen molar-refractivity contribution in [1.82, 2.24) is 5.43 Å². The summed E-state index contributed by atoms with van der Waals surface area (Å²) >= 11 is 11.7. The van der Waals surface area contributed by atoms with E-state index in [0.29, 0.717) is 21.3 Å². The van der Waals surface area contributed by atoms with E-state index in [0.717, 1.165) is 0 Å². The van der Waals surface area contributed by atoms with Crippen LogP contribution in [0, 0.1) is 0 Å². The highest BCUT2D eigenvalue weighted by atomic mass is 35.5. The molecule has 0 aromatic heterocycles. The number of amides is 2. The number of nitrogens with one attached hydrogen (secondary N) is 2. The summed E-state index contributed by atoms with van der Waals surface area (Å²) in [6.45, 7) is 0. The third-order valence-corrected chi connectivity index (χ3v) is 3.12. The van der Waals surface area contributed by atoms with Gasteiger partial charge in [-0.1, -0.05) is 47.5 Å². The van der Waals surface area contributed by atoms with Crippen molar-refractivity contribution in [2.45, 2.75) is 0 Å². The maximum atomic E-state index is 11.7. The van der Waals surface area contributed by atoms with Gasteiger partial charge < -0.3 is 5.32 Å². The van der Waals surface area contributed by atoms with Crippen molar-refractivity contribution in [3.8, 4) is 0 Å². The Morgan fingerprint density at radius 3 is 2.50 bits per heavy atom. The van der Waals surface area contributed by atoms with Crippen molar-refractivity contribution in [2.75, 3.05) is 5.32 Å². The van der Waals surface area contributed by atoms with Crippen LogP contribution in [0.5, 0.6) is 0 Å². The van der Waals surface area contributed by atoms with Crippen molar-refractivity contribution < 1.29 is 9.59 Å². The highest BCUT2D eigenvalue weighted by Gasteiger charge is 2.13. The van der Waals surface area contributed by atoms with Crippen LogP contribution >= 0.6 is 23.2 Å². The molecule has 0 spiro atoms. The van der Waals surface area contributed by atoms with Gasteiger partial charge in [0.05, 0.1) is 16.9 Å². The van der Waals surface area contributed by atoms with Crippen LogP contribution in [-0.2, 0) is 9.59 Å². The van der Waals surface area contributed by atoms with Crippen LogP contribution in [-0.4, -0.2) is 18.0 Å². The Morgan fingerprint density at radius 2 is 1.77 bits per heavy atom. The van der Waals surface area contributed by atoms with Gasteiger partial charge in [-0.05, 0) is 29.8 Å². The van der Waals surface area contributed by atoms with E-state index in [9.17, 15) is 9.59 Å². The average molecular weight is 336 g/mol. The average Bonchev–Trinajstić information content (AvgIpc) is 2.49. The van der Waals surface area contributed by atoms with Crippen LogP contribution in [0.4, 0.5) is 5.69 Å². The normalized spacial score (nSPS) is 10.5. The fraction of sp³-hybridized carbons (Fsp3) is 0. The SMILES string of the molecule is O=C(N/N=C/c1cccc(Cl)c1)C(=O)Nc1ccccc1Cl. The van der Waals surface area contributed by atoms with E-state index in [-0.39, 0.29) is 0 Å². The summed E-state index contributed by atoms with van der Waals surface area (Å²) in [5.74, 6) is -1.77. The van der Waals surface area contributed by atoms with E-state index in [1.807, 2.05) is 0 Å². The van der Waals surface area contributed by atoms with Crippen molar-refractivity contribution in [2.24, 2.45) is 5.10 Å². The number of benzene rings is 2. The quantitative estimate of drug-likeness (QED) is 0.514. The van der Waals surface area contributed by atoms with Gasteiger partial charge in [0, 0.05) is 5.02 Å². The standard InChI is InChI=1S/C15H11Cl2N3O2/c16-11-5-3-4-10(8-11)9-18-20-15(22)14(21)19-13-7-2-1-6-12(13)17/h1-9H,(H,19,21)(H,20,22)/b18-9+. The number of hydrogen-bond donors (Lipinski definition) is 2. The first-order chi connectivity index (χ1) is 10.6. The number of rotatable bonds is 3. The predicted molar refractivity (Wildman–Crippen MR) is 87.3 cm³/mol. The number of carbonyl (C=O) groups is 2. The Kier molecular flexibility index (Phi) is 5.52. The summed E-state index contributed by atoms with van der Waals surface area (Å²) in [6.07, 6.45) is 1.38. The molecule has 112 valence electrons. The Morgan fingerprint density at radius 1 is 1.00 bits per heavy atom. The number of hydrogen-bond acceptors (Lipinski definition) is 3. The number of carbonyl (C=O) groups excluding carboxylic acids is 2. The largest absolute Gasteiger partial charge is 0.329 e. The maximum Gasteiger partial charge on any atom is 0.329 e. The summed E-state index contributed by atoms with van der Waals surface area (Å²) in [5.41, 5.74) is 3.17. The molecule has 2 aromatic rings. The maximum absolute atomic E-state index is 11.7. The molecule has 0 bridgehead atoms. The Labute approximate surface area is 136 Å². The fourth-order valence-electron chi connectivity index (χ4n) is 1.54. The molecule has 2 rings (SSSR count). The highest BCUT2D eigenvalue weighted by Crippen LogP contribution is 2.20. The van der Waals surface area contributed by atoms with Gasteiger partial charge in [-0.3, -0.25) is 9.59 Å². The summed E-state index contributed by atoms with van der Waals surface area (Å²) in [7, 11) is 0. The molecule has 2 aromatic carbocycles. The lowest BCUT2D eigenvalue weighted by Gasteiger charge is -2.05. The Hall–Kier alpha value is -2.37. The third kappa shape index (κ3) is 4.58. The van der Waals surface area contributed by atoms with E-state index >= 15 is 0 Å². The first-order valence-electron chi connectivity index (χ1n) is 6.21. The van der Waals surface area contributed by atoms with Crippen LogP contribution in [0.2, 0.25) is 10.0 Å². The number of hydrazone groups is 1. The van der Waals surface area contributed by atoms with Crippen molar-refractivity contribution in [1.29, 1.82) is 0 Å². The topological polar surface area (TPSA) is 70.6 Å². The molecular weight excluding hydrogens is 325 g/mol. The van der Waals surface area contributed by atoms with Crippen molar-refractivity contribution >= 4 is 46.9 Å². The zero-order valence-corrected chi connectivity index (χ0v) is 12.7. The van der Waals surface area contributed by atoms with E-state index in [1.165, 1.54) is 6.21 Å². The first kappa shape index (κ1) is 16.0. The number of para-hydroxylation sites is 1.